The van der Waals surface area contributed by atoms with E-state index >= 15 is 0 Å². The molecular weight excluding hydrogens is 224 g/mol. The lowest BCUT2D eigenvalue weighted by molar-refractivity contribution is -0.127. The molecule has 7 nitrogen and oxygen atoms in total. The standard InChI is InChI=1S/C10H14N4O3/c15-9-3-1-5-14(9)6-2-4-11-10(16)8-7-12-17-13-8/h7H,1-6H2,(H,11,16). The first-order valence-electron chi connectivity index (χ1n) is 5.61. The predicted octanol–water partition coefficient (Wildman–Crippen LogP) is -0.188. The number of rotatable bonds is 5. The van der Waals surface area contributed by atoms with Gasteiger partial charge in [-0.05, 0) is 18.0 Å². The second-order valence-electron chi connectivity index (χ2n) is 3.89. The average Bonchev–Trinajstić information content (AvgIpc) is 2.96. The van der Waals surface area contributed by atoms with Gasteiger partial charge in [0.15, 0.2) is 5.69 Å². The van der Waals surface area contributed by atoms with E-state index in [9.17, 15) is 9.59 Å². The van der Waals surface area contributed by atoms with Gasteiger partial charge in [0, 0.05) is 26.1 Å². The third-order valence-corrected chi connectivity index (χ3v) is 2.66. The van der Waals surface area contributed by atoms with Crippen LogP contribution in [-0.2, 0) is 4.79 Å². The van der Waals surface area contributed by atoms with Crippen molar-refractivity contribution in [2.45, 2.75) is 19.3 Å². The fourth-order valence-corrected chi connectivity index (χ4v) is 1.77. The van der Waals surface area contributed by atoms with E-state index in [-0.39, 0.29) is 17.5 Å². The van der Waals surface area contributed by atoms with E-state index in [4.69, 9.17) is 0 Å². The number of nitrogens with one attached hydrogen (secondary N) is 1. The summed E-state index contributed by atoms with van der Waals surface area (Å²) < 4.78 is 4.32. The predicted molar refractivity (Wildman–Crippen MR) is 57.1 cm³/mol. The van der Waals surface area contributed by atoms with Gasteiger partial charge in [-0.2, -0.15) is 0 Å². The fourth-order valence-electron chi connectivity index (χ4n) is 1.77. The largest absolute Gasteiger partial charge is 0.350 e. The van der Waals surface area contributed by atoms with Crippen LogP contribution in [0.25, 0.3) is 0 Å². The first kappa shape index (κ1) is 11.6. The zero-order valence-electron chi connectivity index (χ0n) is 9.39. The molecule has 1 aliphatic rings. The molecule has 1 fully saturated rings. The van der Waals surface area contributed by atoms with Crippen LogP contribution in [0, 0.1) is 0 Å². The Bertz CT molecular complexity index is 390. The van der Waals surface area contributed by atoms with Gasteiger partial charge in [0.05, 0.1) is 0 Å². The Labute approximate surface area is 98.1 Å². The number of likely N-dealkylation sites (tertiary alicyclic amines) is 1. The number of hydrogen-bond donors (Lipinski definition) is 1. The molecule has 0 aromatic carbocycles. The van der Waals surface area contributed by atoms with Gasteiger partial charge in [-0.1, -0.05) is 5.16 Å². The minimum absolute atomic E-state index is 0.169. The third-order valence-electron chi connectivity index (χ3n) is 2.66. The highest BCUT2D eigenvalue weighted by Gasteiger charge is 2.19. The average molecular weight is 238 g/mol. The molecule has 0 radical (unpaired) electrons. The molecule has 1 N–H and O–H groups in total. The summed E-state index contributed by atoms with van der Waals surface area (Å²) in [5, 5.41) is 9.45. The molecule has 0 atom stereocenters. The lowest BCUT2D eigenvalue weighted by Gasteiger charge is -2.14. The summed E-state index contributed by atoms with van der Waals surface area (Å²) in [7, 11) is 0. The third kappa shape index (κ3) is 3.02. The quantitative estimate of drug-likeness (QED) is 0.718. The van der Waals surface area contributed by atoms with Crippen molar-refractivity contribution in [2.75, 3.05) is 19.6 Å². The normalized spacial score (nSPS) is 15.3. The van der Waals surface area contributed by atoms with Gasteiger partial charge in [0.1, 0.15) is 6.20 Å². The van der Waals surface area contributed by atoms with E-state index in [1.54, 1.807) is 0 Å². The van der Waals surface area contributed by atoms with Crippen LogP contribution in [0.2, 0.25) is 0 Å². The lowest BCUT2D eigenvalue weighted by atomic mass is 10.3. The molecule has 17 heavy (non-hydrogen) atoms. The SMILES string of the molecule is O=C(NCCCN1CCCC1=O)c1cnon1. The van der Waals surface area contributed by atoms with E-state index in [1.165, 1.54) is 6.20 Å². The molecule has 7 heteroatoms. The number of carbonyl (C=O) groups is 2. The van der Waals surface area contributed by atoms with Crippen LogP contribution in [0.1, 0.15) is 29.8 Å². The number of aromatic nitrogens is 2. The summed E-state index contributed by atoms with van der Waals surface area (Å²) in [5.74, 6) is -0.101. The molecule has 0 spiro atoms. The number of amides is 2. The molecule has 2 amide bonds. The van der Waals surface area contributed by atoms with Crippen molar-refractivity contribution < 1.29 is 14.2 Å². The van der Waals surface area contributed by atoms with Gasteiger partial charge >= 0.3 is 0 Å². The molecule has 0 unspecified atom stereocenters. The number of nitrogens with zero attached hydrogens (tertiary/aromatic N) is 3. The minimum Gasteiger partial charge on any atom is -0.350 e. The van der Waals surface area contributed by atoms with Crippen LogP contribution in [-0.4, -0.2) is 46.7 Å². The second-order valence-corrected chi connectivity index (χ2v) is 3.89. The Morgan fingerprint density at radius 2 is 2.47 bits per heavy atom. The molecule has 2 heterocycles. The van der Waals surface area contributed by atoms with Crippen LogP contribution >= 0.6 is 0 Å². The zero-order chi connectivity index (χ0) is 12.1. The molecule has 0 saturated carbocycles. The highest BCUT2D eigenvalue weighted by atomic mass is 16.6. The van der Waals surface area contributed by atoms with Gasteiger partial charge in [0.2, 0.25) is 5.91 Å². The first-order valence-corrected chi connectivity index (χ1v) is 5.61. The molecule has 0 aliphatic carbocycles. The van der Waals surface area contributed by atoms with Gasteiger partial charge < -0.3 is 10.2 Å². The van der Waals surface area contributed by atoms with Crippen molar-refractivity contribution in [3.8, 4) is 0 Å². The van der Waals surface area contributed by atoms with Crippen LogP contribution in [0.5, 0.6) is 0 Å². The van der Waals surface area contributed by atoms with Crippen LogP contribution in [0.3, 0.4) is 0 Å². The van der Waals surface area contributed by atoms with Gasteiger partial charge in [-0.3, -0.25) is 9.59 Å². The number of carbonyl (C=O) groups excluding carboxylic acids is 2. The van der Waals surface area contributed by atoms with Crippen LogP contribution in [0.15, 0.2) is 10.8 Å². The Kier molecular flexibility index (Phi) is 3.69. The smallest absolute Gasteiger partial charge is 0.275 e. The molecule has 1 aliphatic heterocycles. The minimum atomic E-state index is -0.306. The second kappa shape index (κ2) is 5.42. The summed E-state index contributed by atoms with van der Waals surface area (Å²) in [6, 6.07) is 0. The molecule has 1 saturated heterocycles. The van der Waals surface area contributed by atoms with Crippen molar-refractivity contribution >= 4 is 11.8 Å². The maximum Gasteiger partial charge on any atom is 0.275 e. The molecular formula is C10H14N4O3. The maximum absolute atomic E-state index is 11.4. The fraction of sp³-hybridized carbons (Fsp3) is 0.600. The van der Waals surface area contributed by atoms with E-state index < -0.39 is 0 Å². The van der Waals surface area contributed by atoms with E-state index in [1.807, 2.05) is 4.90 Å². The maximum atomic E-state index is 11.4. The highest BCUT2D eigenvalue weighted by molar-refractivity contribution is 5.91. The van der Waals surface area contributed by atoms with Gasteiger partial charge in [0.25, 0.3) is 5.91 Å². The molecule has 1 aromatic rings. The van der Waals surface area contributed by atoms with Crippen LogP contribution in [0.4, 0.5) is 0 Å². The Hall–Kier alpha value is -1.92. The summed E-state index contributed by atoms with van der Waals surface area (Å²) in [4.78, 5) is 24.5. The lowest BCUT2D eigenvalue weighted by Crippen LogP contribution is -2.30. The van der Waals surface area contributed by atoms with Crippen molar-refractivity contribution in [1.29, 1.82) is 0 Å². The topological polar surface area (TPSA) is 88.3 Å². The summed E-state index contributed by atoms with van der Waals surface area (Å²) in [5.41, 5.74) is 0.169. The van der Waals surface area contributed by atoms with Crippen molar-refractivity contribution in [3.05, 3.63) is 11.9 Å². The Morgan fingerprint density at radius 3 is 3.12 bits per heavy atom. The summed E-state index contributed by atoms with van der Waals surface area (Å²) in [6.07, 6.45) is 3.59. The molecule has 0 bridgehead atoms. The van der Waals surface area contributed by atoms with Gasteiger partial charge in [-0.15, -0.1) is 0 Å². The van der Waals surface area contributed by atoms with Crippen molar-refractivity contribution in [1.82, 2.24) is 20.5 Å². The number of hydrogen-bond acceptors (Lipinski definition) is 5. The molecule has 2 rings (SSSR count). The van der Waals surface area contributed by atoms with Crippen molar-refractivity contribution in [3.63, 3.8) is 0 Å². The summed E-state index contributed by atoms with van der Waals surface area (Å²) >= 11 is 0. The first-order chi connectivity index (χ1) is 8.27. The van der Waals surface area contributed by atoms with Crippen molar-refractivity contribution in [2.24, 2.45) is 0 Å². The van der Waals surface area contributed by atoms with E-state index in [2.05, 4.69) is 20.3 Å². The monoisotopic (exact) mass is 238 g/mol. The molecule has 92 valence electrons. The zero-order valence-corrected chi connectivity index (χ0v) is 9.39. The van der Waals surface area contributed by atoms with Crippen LogP contribution < -0.4 is 5.32 Å². The Morgan fingerprint density at radius 1 is 1.59 bits per heavy atom. The Balaban J connectivity index is 1.63. The summed E-state index contributed by atoms with van der Waals surface area (Å²) in [6.45, 7) is 2.03. The van der Waals surface area contributed by atoms with E-state index in [0.29, 0.717) is 19.5 Å². The van der Waals surface area contributed by atoms with E-state index in [0.717, 1.165) is 19.4 Å². The van der Waals surface area contributed by atoms with Gasteiger partial charge in [-0.25, -0.2) is 4.63 Å². The highest BCUT2D eigenvalue weighted by Crippen LogP contribution is 2.09. The molecule has 1 aromatic heterocycles.